The van der Waals surface area contributed by atoms with Crippen molar-refractivity contribution in [1.82, 2.24) is 0 Å². The first kappa shape index (κ1) is 10.7. The molecule has 0 aliphatic rings. The second-order valence-corrected chi connectivity index (χ2v) is 4.59. The number of benzene rings is 1. The van der Waals surface area contributed by atoms with Crippen molar-refractivity contribution < 1.29 is 9.32 Å². The molecule has 0 fully saturated rings. The van der Waals surface area contributed by atoms with Crippen LogP contribution in [0, 0.1) is 0 Å². The van der Waals surface area contributed by atoms with Crippen molar-refractivity contribution in [3.8, 4) is 0 Å². The molecule has 0 heterocycles. The minimum absolute atomic E-state index is 0.0827. The van der Waals surface area contributed by atoms with E-state index in [1.54, 1.807) is 24.3 Å². The summed E-state index contributed by atoms with van der Waals surface area (Å²) in [5.41, 5.74) is 0. The zero-order valence-corrected chi connectivity index (χ0v) is 8.64. The molecule has 0 aromatic heterocycles. The Labute approximate surface area is 85.0 Å². The van der Waals surface area contributed by atoms with Gasteiger partial charge in [0, 0.05) is 22.3 Å². The maximum Gasteiger partial charge on any atom is 0.0530 e. The molecular weight excluding hydrogens is 208 g/mol. The van der Waals surface area contributed by atoms with Gasteiger partial charge in [-0.15, -0.1) is 0 Å². The van der Waals surface area contributed by atoms with Gasteiger partial charge in [0.1, 0.15) is 0 Å². The monoisotopic (exact) mass is 218 g/mol. The molecule has 1 N–H and O–H groups in total. The number of rotatable bonds is 4. The molecule has 72 valence electrons. The first-order valence-electron chi connectivity index (χ1n) is 3.99. The van der Waals surface area contributed by atoms with E-state index in [4.69, 9.17) is 16.7 Å². The first-order chi connectivity index (χ1) is 6.24. The number of aliphatic hydroxyl groups is 1. The van der Waals surface area contributed by atoms with Crippen molar-refractivity contribution in [3.63, 3.8) is 0 Å². The molecular formula is C9H11ClO2S. The fraction of sp³-hybridized carbons (Fsp3) is 0.333. The lowest BCUT2D eigenvalue weighted by atomic mass is 10.4. The molecule has 1 atom stereocenters. The molecule has 1 rings (SSSR count). The highest BCUT2D eigenvalue weighted by Crippen LogP contribution is 2.12. The summed E-state index contributed by atoms with van der Waals surface area (Å²) in [6, 6.07) is 6.92. The Hall–Kier alpha value is -0.380. The molecule has 2 nitrogen and oxygen atoms in total. The SMILES string of the molecule is O=S(CCCO)c1ccc(Cl)cc1. The Morgan fingerprint density at radius 1 is 1.31 bits per heavy atom. The van der Waals surface area contributed by atoms with Gasteiger partial charge in [0.2, 0.25) is 0 Å². The summed E-state index contributed by atoms with van der Waals surface area (Å²) in [5.74, 6) is 0.498. The summed E-state index contributed by atoms with van der Waals surface area (Å²) >= 11 is 5.68. The normalized spacial score (nSPS) is 12.8. The van der Waals surface area contributed by atoms with Crippen LogP contribution in [0.3, 0.4) is 0 Å². The van der Waals surface area contributed by atoms with Gasteiger partial charge < -0.3 is 5.11 Å². The zero-order chi connectivity index (χ0) is 9.68. The molecule has 13 heavy (non-hydrogen) atoms. The van der Waals surface area contributed by atoms with E-state index >= 15 is 0 Å². The largest absolute Gasteiger partial charge is 0.396 e. The van der Waals surface area contributed by atoms with E-state index in [9.17, 15) is 4.21 Å². The number of hydrogen-bond donors (Lipinski definition) is 1. The van der Waals surface area contributed by atoms with Crippen molar-refractivity contribution in [2.45, 2.75) is 11.3 Å². The lowest BCUT2D eigenvalue weighted by molar-refractivity contribution is 0.296. The summed E-state index contributed by atoms with van der Waals surface area (Å²) in [4.78, 5) is 0.762. The van der Waals surface area contributed by atoms with E-state index in [0.717, 1.165) is 4.90 Å². The van der Waals surface area contributed by atoms with E-state index in [-0.39, 0.29) is 6.61 Å². The van der Waals surface area contributed by atoms with E-state index in [1.165, 1.54) is 0 Å². The first-order valence-corrected chi connectivity index (χ1v) is 5.68. The number of halogens is 1. The van der Waals surface area contributed by atoms with Gasteiger partial charge in [-0.1, -0.05) is 11.6 Å². The minimum atomic E-state index is -1.01. The maximum atomic E-state index is 11.5. The highest BCUT2D eigenvalue weighted by Gasteiger charge is 2.02. The standard InChI is InChI=1S/C9H11ClO2S/c10-8-2-4-9(5-3-8)13(12)7-1-6-11/h2-5,11H,1,6-7H2. The van der Waals surface area contributed by atoms with Crippen LogP contribution in [0.1, 0.15) is 6.42 Å². The average molecular weight is 219 g/mol. The highest BCUT2D eigenvalue weighted by atomic mass is 35.5. The van der Waals surface area contributed by atoms with Gasteiger partial charge in [0.05, 0.1) is 10.8 Å². The van der Waals surface area contributed by atoms with Crippen LogP contribution < -0.4 is 0 Å². The summed E-state index contributed by atoms with van der Waals surface area (Å²) in [6.07, 6.45) is 0.565. The van der Waals surface area contributed by atoms with Crippen molar-refractivity contribution >= 4 is 22.4 Å². The lowest BCUT2D eigenvalue weighted by Gasteiger charge is -2.00. The quantitative estimate of drug-likeness (QED) is 0.837. The Balaban J connectivity index is 2.61. The molecule has 0 saturated heterocycles. The van der Waals surface area contributed by atoms with Crippen molar-refractivity contribution in [1.29, 1.82) is 0 Å². The van der Waals surface area contributed by atoms with Crippen LogP contribution in [0.2, 0.25) is 5.02 Å². The van der Waals surface area contributed by atoms with Crippen LogP contribution in [-0.4, -0.2) is 21.7 Å². The van der Waals surface area contributed by atoms with Gasteiger partial charge in [-0.2, -0.15) is 0 Å². The van der Waals surface area contributed by atoms with Crippen LogP contribution in [-0.2, 0) is 10.8 Å². The minimum Gasteiger partial charge on any atom is -0.396 e. The van der Waals surface area contributed by atoms with E-state index in [0.29, 0.717) is 17.2 Å². The van der Waals surface area contributed by atoms with E-state index in [2.05, 4.69) is 0 Å². The second-order valence-electron chi connectivity index (χ2n) is 2.58. The summed E-state index contributed by atoms with van der Waals surface area (Å²) < 4.78 is 11.5. The van der Waals surface area contributed by atoms with Crippen LogP contribution in [0.5, 0.6) is 0 Å². The van der Waals surface area contributed by atoms with Gasteiger partial charge in [-0.3, -0.25) is 4.21 Å². The summed E-state index contributed by atoms with van der Waals surface area (Å²) in [6.45, 7) is 0.0827. The average Bonchev–Trinajstić information content (AvgIpc) is 2.15. The summed E-state index contributed by atoms with van der Waals surface area (Å²) in [5, 5.41) is 9.19. The predicted molar refractivity (Wildman–Crippen MR) is 54.4 cm³/mol. The molecule has 0 aliphatic heterocycles. The molecule has 4 heteroatoms. The van der Waals surface area contributed by atoms with Crippen LogP contribution in [0.4, 0.5) is 0 Å². The third-order valence-corrected chi connectivity index (χ3v) is 3.27. The third kappa shape index (κ3) is 3.46. The third-order valence-electron chi connectivity index (χ3n) is 1.56. The fourth-order valence-electron chi connectivity index (χ4n) is 0.900. The molecule has 0 spiro atoms. The Morgan fingerprint density at radius 3 is 2.46 bits per heavy atom. The Bertz CT molecular complexity index is 284. The molecule has 0 amide bonds. The fourth-order valence-corrected chi connectivity index (χ4v) is 2.09. The Morgan fingerprint density at radius 2 is 1.92 bits per heavy atom. The summed E-state index contributed by atoms with van der Waals surface area (Å²) in [7, 11) is -1.01. The topological polar surface area (TPSA) is 37.3 Å². The van der Waals surface area contributed by atoms with E-state index < -0.39 is 10.8 Å². The van der Waals surface area contributed by atoms with Crippen LogP contribution in [0.15, 0.2) is 29.2 Å². The molecule has 0 bridgehead atoms. The molecule has 0 radical (unpaired) electrons. The second kappa shape index (κ2) is 5.37. The van der Waals surface area contributed by atoms with Crippen molar-refractivity contribution in [3.05, 3.63) is 29.3 Å². The highest BCUT2D eigenvalue weighted by molar-refractivity contribution is 7.85. The molecule has 1 unspecified atom stereocenters. The van der Waals surface area contributed by atoms with Crippen LogP contribution >= 0.6 is 11.6 Å². The number of hydrogen-bond acceptors (Lipinski definition) is 2. The maximum absolute atomic E-state index is 11.5. The number of aliphatic hydroxyl groups excluding tert-OH is 1. The smallest absolute Gasteiger partial charge is 0.0530 e. The molecule has 1 aromatic rings. The van der Waals surface area contributed by atoms with Gasteiger partial charge in [0.25, 0.3) is 0 Å². The Kier molecular flexibility index (Phi) is 4.42. The van der Waals surface area contributed by atoms with Gasteiger partial charge >= 0.3 is 0 Å². The molecule has 1 aromatic carbocycles. The van der Waals surface area contributed by atoms with Crippen molar-refractivity contribution in [2.75, 3.05) is 12.4 Å². The molecule has 0 saturated carbocycles. The van der Waals surface area contributed by atoms with Gasteiger partial charge in [0.15, 0.2) is 0 Å². The van der Waals surface area contributed by atoms with Gasteiger partial charge in [-0.25, -0.2) is 0 Å². The van der Waals surface area contributed by atoms with Crippen molar-refractivity contribution in [2.24, 2.45) is 0 Å². The zero-order valence-electron chi connectivity index (χ0n) is 7.07. The predicted octanol–water partition coefficient (Wildman–Crippen LogP) is 1.83. The van der Waals surface area contributed by atoms with E-state index in [1.807, 2.05) is 0 Å². The van der Waals surface area contributed by atoms with Crippen LogP contribution in [0.25, 0.3) is 0 Å². The lowest BCUT2D eigenvalue weighted by Crippen LogP contribution is -1.99. The molecule has 0 aliphatic carbocycles. The van der Waals surface area contributed by atoms with Gasteiger partial charge in [-0.05, 0) is 30.7 Å².